The minimum atomic E-state index is -1.40. The van der Waals surface area contributed by atoms with Crippen molar-refractivity contribution < 1.29 is 29.0 Å². The molecule has 0 aliphatic carbocycles. The number of amides is 2. The Hall–Kier alpha value is -3.55. The van der Waals surface area contributed by atoms with Crippen LogP contribution < -0.4 is 9.47 Å². The number of β-lactam (4-membered cyclic amide) rings is 1. The zero-order valence-electron chi connectivity index (χ0n) is 16.7. The fourth-order valence-electron chi connectivity index (χ4n) is 4.50. The van der Waals surface area contributed by atoms with Crippen molar-refractivity contribution in [1.82, 2.24) is 9.80 Å². The number of methoxy groups -OCH3 is 2. The van der Waals surface area contributed by atoms with Gasteiger partial charge in [-0.15, -0.1) is 0 Å². The average molecular weight is 410 g/mol. The molecule has 2 saturated heterocycles. The van der Waals surface area contributed by atoms with E-state index in [1.807, 2.05) is 30.3 Å². The monoisotopic (exact) mass is 410 g/mol. The van der Waals surface area contributed by atoms with Crippen molar-refractivity contribution in [2.24, 2.45) is 0 Å². The summed E-state index contributed by atoms with van der Waals surface area (Å²) >= 11 is 0. The van der Waals surface area contributed by atoms with E-state index in [-0.39, 0.29) is 31.2 Å². The third-order valence-electron chi connectivity index (χ3n) is 5.88. The van der Waals surface area contributed by atoms with Gasteiger partial charge in [-0.05, 0) is 17.7 Å². The second kappa shape index (κ2) is 7.37. The van der Waals surface area contributed by atoms with Crippen LogP contribution in [0.4, 0.5) is 4.79 Å². The topological polar surface area (TPSA) is 96.4 Å². The molecule has 30 heavy (non-hydrogen) atoms. The minimum absolute atomic E-state index is 0.145. The summed E-state index contributed by atoms with van der Waals surface area (Å²) in [5, 5.41) is 9.70. The molecule has 2 aliphatic heterocycles. The standard InChI is InChI=1S/C22H22N2O6/c1-29-16-9-8-15(18(10-16)30-2)12-23-19-17(25)13-24(21(27)28)22(19,20(23)26)11-14-6-4-3-5-7-14/h3-10,19H,11-13H2,1-2H3,(H,27,28)/t19-,22+/m1/s1. The number of carboxylic acid groups (broad SMARTS) is 1. The molecule has 2 aliphatic rings. The van der Waals surface area contributed by atoms with Crippen LogP contribution in [0.5, 0.6) is 11.5 Å². The van der Waals surface area contributed by atoms with Crippen molar-refractivity contribution in [3.8, 4) is 11.5 Å². The summed E-state index contributed by atoms with van der Waals surface area (Å²) in [5.74, 6) is 0.490. The summed E-state index contributed by atoms with van der Waals surface area (Å²) in [6.45, 7) is -0.152. The van der Waals surface area contributed by atoms with Crippen molar-refractivity contribution in [3.63, 3.8) is 0 Å². The van der Waals surface area contributed by atoms with Gasteiger partial charge in [0.25, 0.3) is 5.91 Å². The molecule has 0 bridgehead atoms. The molecule has 2 atom stereocenters. The Balaban J connectivity index is 1.68. The molecule has 2 fully saturated rings. The van der Waals surface area contributed by atoms with Crippen molar-refractivity contribution >= 4 is 17.8 Å². The maximum atomic E-state index is 13.4. The summed E-state index contributed by atoms with van der Waals surface area (Å²) in [7, 11) is 3.06. The zero-order chi connectivity index (χ0) is 21.5. The fourth-order valence-corrected chi connectivity index (χ4v) is 4.50. The van der Waals surface area contributed by atoms with E-state index in [1.54, 1.807) is 25.3 Å². The van der Waals surface area contributed by atoms with Crippen molar-refractivity contribution in [2.75, 3.05) is 20.8 Å². The number of hydrogen-bond donors (Lipinski definition) is 1. The number of nitrogens with zero attached hydrogens (tertiary/aromatic N) is 2. The molecule has 156 valence electrons. The molecule has 2 aromatic rings. The number of rotatable bonds is 6. The summed E-state index contributed by atoms with van der Waals surface area (Å²) in [6.07, 6.45) is -1.11. The number of ether oxygens (including phenoxy) is 2. The quantitative estimate of drug-likeness (QED) is 0.732. The number of ketones is 1. The third-order valence-corrected chi connectivity index (χ3v) is 5.88. The van der Waals surface area contributed by atoms with Crippen LogP contribution in [0.1, 0.15) is 11.1 Å². The van der Waals surface area contributed by atoms with Gasteiger partial charge in [-0.2, -0.15) is 0 Å². The Labute approximate surface area is 173 Å². The molecule has 8 nitrogen and oxygen atoms in total. The second-order valence-electron chi connectivity index (χ2n) is 7.44. The maximum Gasteiger partial charge on any atom is 0.408 e. The summed E-state index contributed by atoms with van der Waals surface area (Å²) < 4.78 is 10.6. The number of Topliss-reactive ketones (excluding diaryl/α,β-unsaturated/α-hetero) is 1. The van der Waals surface area contributed by atoms with Gasteiger partial charge in [0, 0.05) is 18.1 Å². The lowest BCUT2D eigenvalue weighted by atomic mass is 9.74. The van der Waals surface area contributed by atoms with Crippen LogP contribution in [0.2, 0.25) is 0 Å². The van der Waals surface area contributed by atoms with Crippen LogP contribution in [0.25, 0.3) is 0 Å². The van der Waals surface area contributed by atoms with Crippen LogP contribution in [0.3, 0.4) is 0 Å². The Morgan fingerprint density at radius 1 is 1.13 bits per heavy atom. The lowest BCUT2D eigenvalue weighted by Crippen LogP contribution is -2.78. The Morgan fingerprint density at radius 2 is 1.87 bits per heavy atom. The lowest BCUT2D eigenvalue weighted by molar-refractivity contribution is -0.170. The van der Waals surface area contributed by atoms with E-state index < -0.39 is 17.7 Å². The van der Waals surface area contributed by atoms with E-state index in [0.29, 0.717) is 17.1 Å². The van der Waals surface area contributed by atoms with Crippen LogP contribution in [-0.4, -0.2) is 65.0 Å². The number of fused-ring (bicyclic) bond motifs is 1. The van der Waals surface area contributed by atoms with E-state index in [0.717, 1.165) is 10.5 Å². The van der Waals surface area contributed by atoms with Crippen molar-refractivity contribution in [2.45, 2.75) is 24.5 Å². The maximum absolute atomic E-state index is 13.4. The predicted octanol–water partition coefficient (Wildman–Crippen LogP) is 1.96. The molecule has 2 aromatic carbocycles. The van der Waals surface area contributed by atoms with Crippen molar-refractivity contribution in [1.29, 1.82) is 0 Å². The normalized spacial score (nSPS) is 22.5. The molecule has 0 spiro atoms. The molecular formula is C22H22N2O6. The van der Waals surface area contributed by atoms with E-state index in [2.05, 4.69) is 0 Å². The van der Waals surface area contributed by atoms with Gasteiger partial charge in [-0.1, -0.05) is 30.3 Å². The molecule has 2 heterocycles. The zero-order valence-corrected chi connectivity index (χ0v) is 16.7. The third kappa shape index (κ3) is 2.87. The van der Waals surface area contributed by atoms with Crippen LogP contribution in [0, 0.1) is 0 Å². The highest BCUT2D eigenvalue weighted by atomic mass is 16.5. The molecule has 0 radical (unpaired) electrons. The van der Waals surface area contributed by atoms with E-state index in [4.69, 9.17) is 9.47 Å². The highest BCUT2D eigenvalue weighted by molar-refractivity contribution is 6.12. The first-order valence-electron chi connectivity index (χ1n) is 9.51. The van der Waals surface area contributed by atoms with E-state index >= 15 is 0 Å². The van der Waals surface area contributed by atoms with Gasteiger partial charge in [0.15, 0.2) is 11.3 Å². The van der Waals surface area contributed by atoms with Gasteiger partial charge in [-0.3, -0.25) is 14.5 Å². The average Bonchev–Trinajstić information content (AvgIpc) is 3.02. The molecule has 4 rings (SSSR count). The van der Waals surface area contributed by atoms with Gasteiger partial charge in [0.05, 0.1) is 27.3 Å². The van der Waals surface area contributed by atoms with Crippen LogP contribution in [0.15, 0.2) is 48.5 Å². The summed E-state index contributed by atoms with van der Waals surface area (Å²) in [5.41, 5.74) is 0.115. The highest BCUT2D eigenvalue weighted by Gasteiger charge is 2.71. The first kappa shape index (κ1) is 19.8. The highest BCUT2D eigenvalue weighted by Crippen LogP contribution is 2.45. The largest absolute Gasteiger partial charge is 0.497 e. The number of benzene rings is 2. The molecule has 0 saturated carbocycles. The van der Waals surface area contributed by atoms with E-state index in [1.165, 1.54) is 12.0 Å². The molecule has 8 heteroatoms. The van der Waals surface area contributed by atoms with Gasteiger partial charge in [0.1, 0.15) is 17.5 Å². The van der Waals surface area contributed by atoms with E-state index in [9.17, 15) is 19.5 Å². The second-order valence-corrected chi connectivity index (χ2v) is 7.44. The number of hydrogen-bond acceptors (Lipinski definition) is 5. The van der Waals surface area contributed by atoms with Crippen LogP contribution in [-0.2, 0) is 22.6 Å². The van der Waals surface area contributed by atoms with Gasteiger partial charge in [0.2, 0.25) is 0 Å². The molecule has 1 N–H and O–H groups in total. The molecule has 0 unspecified atom stereocenters. The first-order valence-corrected chi connectivity index (χ1v) is 9.51. The Morgan fingerprint density at radius 3 is 2.50 bits per heavy atom. The lowest BCUT2D eigenvalue weighted by Gasteiger charge is -2.53. The van der Waals surface area contributed by atoms with Crippen molar-refractivity contribution in [3.05, 3.63) is 59.7 Å². The number of carbonyl (C=O) groups is 3. The molecular weight excluding hydrogens is 388 g/mol. The minimum Gasteiger partial charge on any atom is -0.497 e. The summed E-state index contributed by atoms with van der Waals surface area (Å²) in [6, 6.07) is 13.6. The number of carbonyl (C=O) groups excluding carboxylic acids is 2. The van der Waals surface area contributed by atoms with Gasteiger partial charge < -0.3 is 19.5 Å². The Kier molecular flexibility index (Phi) is 4.85. The SMILES string of the molecule is COc1ccc(CN2C(=O)[C@]3(Cc4ccccc4)[C@H]2C(=O)CN3C(=O)O)c(OC)c1. The first-order chi connectivity index (χ1) is 14.4. The predicted molar refractivity (Wildman–Crippen MR) is 106 cm³/mol. The fraction of sp³-hybridized carbons (Fsp3) is 0.318. The Bertz CT molecular complexity index is 1010. The number of likely N-dealkylation sites (tertiary alicyclic amines) is 2. The van der Waals surface area contributed by atoms with Crippen LogP contribution >= 0.6 is 0 Å². The molecule has 2 amide bonds. The molecule has 0 aromatic heterocycles. The smallest absolute Gasteiger partial charge is 0.408 e. The van der Waals surface area contributed by atoms with Gasteiger partial charge >= 0.3 is 6.09 Å². The van der Waals surface area contributed by atoms with Gasteiger partial charge in [-0.25, -0.2) is 4.79 Å². The summed E-state index contributed by atoms with van der Waals surface area (Å²) in [4.78, 5) is 40.5.